The standard InChI is InChI=1S/C11H21NO2.C10H11NO2.C9H15NO2.C9H9NO2.C9H17NO2.C8H15NO2.3C7H13NO2.2C6H11NO2.2C5H9NO2.C4H7NO2/c1-4-6-8-11(9-7-5-2)12-14-10(3)13;1-9(12)13-11-8-7-10-5-3-2-4-6-10;2*1-8(11)12-10-7-9-5-3-2-4-6-9;1-6(2)9(7(3)4)10-12-8(5)11;1-4-5-6-7(2)9-11-8(3)10;1-6(9)10-8-5-7(2,3)4;1-4-7(5-2)8-10-6(3)9;1-3-4-5-6-8-10-7(2)9;1-5(2)4-7-9-6(3)8;1-4-5(2)7-9-6(3)8;1-4(2)6-8-5(3)7;1-3-4-6-8-5(2)7;1-3-5-7-4(2)6/h4-9H2,1-3H3;2-6,8H,7H2,1H3;7,9H,2-6H2,1H3;2-7H,1H3;6-7H,1-5H3;4-6H2,1-3H3;5H,1-4H3;4-5H2,1-3H3;6H,3-5H2,1-2H3;4-5H,1-3H3;4H2,1-3H3;1-3H3;4H,3H2,1-2H3;3H,1-2H3/b;11-8+;2*10-7+;;9-7-;8-5+;;8-6+;7-4+;7-5-;;6-4+;5-3+. The van der Waals surface area contributed by atoms with Crippen molar-refractivity contribution in [3.8, 4) is 0 Å². The van der Waals surface area contributed by atoms with Gasteiger partial charge in [0.05, 0.1) is 40.5 Å². The molecule has 1 aliphatic rings. The molecule has 0 aromatic heterocycles. The summed E-state index contributed by atoms with van der Waals surface area (Å²) in [7, 11) is 0. The van der Waals surface area contributed by atoms with Gasteiger partial charge in [0.2, 0.25) is 0 Å². The van der Waals surface area contributed by atoms with Crippen LogP contribution in [-0.4, -0.2) is 168 Å². The van der Waals surface area contributed by atoms with E-state index < -0.39 is 17.9 Å². The van der Waals surface area contributed by atoms with Gasteiger partial charge in [0, 0.05) is 152 Å². The third-order valence-corrected chi connectivity index (χ3v) is 14.5. The van der Waals surface area contributed by atoms with Crippen LogP contribution in [0.5, 0.6) is 0 Å². The van der Waals surface area contributed by atoms with E-state index in [1.54, 1.807) is 51.8 Å². The van der Waals surface area contributed by atoms with Crippen molar-refractivity contribution in [1.82, 2.24) is 0 Å². The molecule has 3 rings (SSSR count). The second kappa shape index (κ2) is 114. The molecule has 0 aliphatic heterocycles. The Morgan fingerprint density at radius 1 is 0.345 bits per heavy atom. The van der Waals surface area contributed by atoms with E-state index in [4.69, 9.17) is 0 Å². The van der Waals surface area contributed by atoms with E-state index in [2.05, 4.69) is 168 Å². The summed E-state index contributed by atoms with van der Waals surface area (Å²) in [6.45, 7) is 61.7. The molecule has 0 spiro atoms. The van der Waals surface area contributed by atoms with Crippen LogP contribution in [0.1, 0.15) is 395 Å². The highest BCUT2D eigenvalue weighted by molar-refractivity contribution is 5.88. The summed E-state index contributed by atoms with van der Waals surface area (Å²) in [5.74, 6) is -3.75. The zero-order chi connectivity index (χ0) is 114. The highest BCUT2D eigenvalue weighted by atomic mass is 16.7. The Morgan fingerprint density at radius 3 is 1.05 bits per heavy atom. The first-order chi connectivity index (χ1) is 68.0. The molecule has 42 heteroatoms. The number of unbranched alkanes of at least 4 members (excludes halogenated alkanes) is 5. The number of nitrogens with zero attached hydrogens (tertiary/aromatic N) is 14. The molecule has 0 heterocycles. The lowest BCUT2D eigenvalue weighted by molar-refractivity contribution is -0.141. The smallest absolute Gasteiger partial charge is 0.319 e. The van der Waals surface area contributed by atoms with E-state index in [1.807, 2.05) is 165 Å². The summed E-state index contributed by atoms with van der Waals surface area (Å²) in [5.41, 5.74) is 7.30. The predicted octanol–water partition coefficient (Wildman–Crippen LogP) is 23.1. The predicted molar refractivity (Wildman–Crippen MR) is 571 cm³/mol. The van der Waals surface area contributed by atoms with E-state index in [0.717, 1.165) is 148 Å². The minimum Gasteiger partial charge on any atom is -0.319 e. The monoisotopic (exact) mass is 2060 g/mol. The minimum atomic E-state index is -0.415. The number of oxime groups is 14. The molecule has 0 N–H and O–H groups in total. The Bertz CT molecular complexity index is 4170. The van der Waals surface area contributed by atoms with Gasteiger partial charge in [-0.1, -0.05) is 295 Å². The second-order valence-corrected chi connectivity index (χ2v) is 32.2. The Hall–Kier alpha value is -13.6. The first-order valence-electron chi connectivity index (χ1n) is 48.0. The van der Waals surface area contributed by atoms with Crippen LogP contribution in [0.2, 0.25) is 0 Å². The zero-order valence-electron chi connectivity index (χ0n) is 93.4. The van der Waals surface area contributed by atoms with E-state index in [9.17, 15) is 67.1 Å². The second-order valence-electron chi connectivity index (χ2n) is 32.2. The molecule has 1 saturated carbocycles. The highest BCUT2D eigenvalue weighted by Crippen LogP contribution is 2.22. The van der Waals surface area contributed by atoms with Gasteiger partial charge in [-0.25, -0.2) is 67.1 Å². The fourth-order valence-corrected chi connectivity index (χ4v) is 7.89. The Morgan fingerprint density at radius 2 is 0.690 bits per heavy atom. The maximum Gasteiger partial charge on any atom is 0.331 e. The molecule has 0 atom stereocenters. The van der Waals surface area contributed by atoms with Gasteiger partial charge in [-0.2, -0.15) is 0 Å². The van der Waals surface area contributed by atoms with Crippen molar-refractivity contribution in [2.75, 3.05) is 0 Å². The largest absolute Gasteiger partial charge is 0.331 e. The molecule has 2 aromatic carbocycles. The first kappa shape index (κ1) is 154. The third-order valence-electron chi connectivity index (χ3n) is 14.5. The average Bonchev–Trinajstić information content (AvgIpc) is 0.923. The molecule has 145 heavy (non-hydrogen) atoms. The molecule has 0 unspecified atom stereocenters. The molecule has 0 saturated heterocycles. The van der Waals surface area contributed by atoms with Crippen LogP contribution in [0.4, 0.5) is 0 Å². The van der Waals surface area contributed by atoms with E-state index >= 15 is 0 Å². The Labute approximate surface area is 862 Å². The van der Waals surface area contributed by atoms with Gasteiger partial charge < -0.3 is 67.7 Å². The maximum atomic E-state index is 10.6. The lowest BCUT2D eigenvalue weighted by atomic mass is 9.90. The molecule has 1 fully saturated rings. The summed E-state index contributed by atoms with van der Waals surface area (Å²) < 4.78 is 0. The van der Waals surface area contributed by atoms with E-state index in [0.29, 0.717) is 30.1 Å². The van der Waals surface area contributed by atoms with Crippen molar-refractivity contribution in [2.24, 2.45) is 101 Å². The molecule has 0 amide bonds. The quantitative estimate of drug-likeness (QED) is 0.0262. The fourth-order valence-electron chi connectivity index (χ4n) is 7.89. The van der Waals surface area contributed by atoms with Crippen LogP contribution in [0.15, 0.2) is 133 Å². The molecule has 42 nitrogen and oxygen atoms in total. The fraction of sp³-hybridized carbons (Fsp3) is 0.612. The number of carbonyl (C=O) groups is 14. The summed E-state index contributed by atoms with van der Waals surface area (Å²) in [5, 5.41) is 49.2. The Kier molecular flexibility index (Phi) is 121. The van der Waals surface area contributed by atoms with Gasteiger partial charge >= 0.3 is 83.6 Å². The van der Waals surface area contributed by atoms with Crippen molar-refractivity contribution in [2.45, 2.75) is 391 Å². The van der Waals surface area contributed by atoms with Crippen LogP contribution < -0.4 is 0 Å². The van der Waals surface area contributed by atoms with Gasteiger partial charge in [-0.05, 0) is 159 Å². The molecule has 1 aliphatic carbocycles. The summed E-state index contributed by atoms with van der Waals surface area (Å²) in [4.78, 5) is 204. The third kappa shape index (κ3) is 164. The number of carbonyl (C=O) groups excluding carboxylic acids is 14. The van der Waals surface area contributed by atoms with Gasteiger partial charge in [0.1, 0.15) is 0 Å². The number of rotatable bonds is 37. The van der Waals surface area contributed by atoms with E-state index in [-0.39, 0.29) is 71.1 Å². The lowest BCUT2D eigenvalue weighted by Crippen LogP contribution is -2.16. The molecule has 0 bridgehead atoms. The first-order valence-corrected chi connectivity index (χ1v) is 48.0. The topological polar surface area (TPSA) is 541 Å². The number of benzene rings is 2. The van der Waals surface area contributed by atoms with Crippen molar-refractivity contribution in [1.29, 1.82) is 0 Å². The van der Waals surface area contributed by atoms with Crippen molar-refractivity contribution < 1.29 is 135 Å². The van der Waals surface area contributed by atoms with E-state index in [1.165, 1.54) is 148 Å². The molecule has 0 radical (unpaired) electrons. The Balaban J connectivity index is -0.000000149. The van der Waals surface area contributed by atoms with Crippen molar-refractivity contribution in [3.05, 3.63) is 71.8 Å². The maximum absolute atomic E-state index is 10.6. The molecule has 824 valence electrons. The summed E-state index contributed by atoms with van der Waals surface area (Å²) >= 11 is 0. The molecule has 2 aromatic rings. The highest BCUT2D eigenvalue weighted by Gasteiger charge is 2.13. The summed E-state index contributed by atoms with van der Waals surface area (Å²) in [6, 6.07) is 19.2. The minimum absolute atomic E-state index is 0.0323. The average molecular weight is 2060 g/mol. The van der Waals surface area contributed by atoms with Crippen LogP contribution in [0.25, 0.3) is 0 Å². The van der Waals surface area contributed by atoms with Crippen LogP contribution >= 0.6 is 0 Å². The molecular weight excluding hydrogens is 1880 g/mol. The van der Waals surface area contributed by atoms with Gasteiger partial charge in [0.15, 0.2) is 0 Å². The zero-order valence-corrected chi connectivity index (χ0v) is 93.4. The summed E-state index contributed by atoms with van der Waals surface area (Å²) in [6.07, 6.45) is 35.4. The van der Waals surface area contributed by atoms with Gasteiger partial charge in [-0.15, -0.1) is 0 Å². The normalized spacial score (nSPS) is 10.9. The number of hydrogen-bond donors (Lipinski definition) is 0. The van der Waals surface area contributed by atoms with Crippen molar-refractivity contribution in [3.63, 3.8) is 0 Å². The van der Waals surface area contributed by atoms with Gasteiger partial charge in [0.25, 0.3) is 0 Å². The van der Waals surface area contributed by atoms with Crippen LogP contribution in [0.3, 0.4) is 0 Å². The number of hydrogen-bond acceptors (Lipinski definition) is 42. The van der Waals surface area contributed by atoms with Crippen LogP contribution in [0, 0.1) is 29.1 Å². The van der Waals surface area contributed by atoms with Crippen LogP contribution in [-0.2, 0) is 141 Å². The van der Waals surface area contributed by atoms with Crippen molar-refractivity contribution >= 4 is 168 Å². The SMILES string of the molecule is C/C=N/OC(C)=O.CC(=O)O/N=C/C(C)(C)C.CC(=O)O/N=C/C(C)C.CC(=O)O/N=C/C1CCCCC1.CC(=O)O/N=C/Cc1ccccc1.CC(=O)O/N=C/c1ccccc1.CC(=O)ON=C(C(C)C)C(C)C.CC(=O)ON=C(C)C.CC/C(C)=N\OC(C)=O.CC/C=N/OC(C)=O.CCC(CC)=NOC(C)=O.CCCC/C(C)=N\OC(C)=O.CCCC/C=N/OC(C)=O.CCCCC(CCCC)=NOC(C)=O. The van der Waals surface area contributed by atoms with Gasteiger partial charge in [-0.3, -0.25) is 0 Å². The molecular formula is C103H174N14O28. The lowest BCUT2D eigenvalue weighted by Gasteiger charge is -2.16.